The Bertz CT molecular complexity index is 651. The molecule has 1 aromatic carbocycles. The Morgan fingerprint density at radius 2 is 1.96 bits per heavy atom. The molecule has 0 bridgehead atoms. The predicted octanol–water partition coefficient (Wildman–Crippen LogP) is 2.69. The van der Waals surface area contributed by atoms with Gasteiger partial charge in [-0.3, -0.25) is 9.59 Å². The molecule has 0 radical (unpaired) electrons. The summed E-state index contributed by atoms with van der Waals surface area (Å²) in [6.07, 6.45) is 3.54. The van der Waals surface area contributed by atoms with Gasteiger partial charge in [-0.1, -0.05) is 18.0 Å². The fourth-order valence-corrected chi connectivity index (χ4v) is 3.67. The van der Waals surface area contributed by atoms with Crippen LogP contribution in [0.4, 0.5) is 5.69 Å². The summed E-state index contributed by atoms with van der Waals surface area (Å²) in [7, 11) is 0. The van der Waals surface area contributed by atoms with E-state index >= 15 is 0 Å². The minimum atomic E-state index is -0.107. The molecule has 0 spiro atoms. The predicted molar refractivity (Wildman–Crippen MR) is 104 cm³/mol. The molecule has 1 aromatic rings. The minimum absolute atomic E-state index is 0. The smallest absolute Gasteiger partial charge is 0.255 e. The molecule has 2 unspecified atom stereocenters. The van der Waals surface area contributed by atoms with Crippen molar-refractivity contribution in [3.05, 3.63) is 28.8 Å². The van der Waals surface area contributed by atoms with E-state index in [-0.39, 0.29) is 36.2 Å². The van der Waals surface area contributed by atoms with Gasteiger partial charge < -0.3 is 20.7 Å². The number of halogens is 2. The van der Waals surface area contributed by atoms with Crippen molar-refractivity contribution in [3.8, 4) is 0 Å². The molecular formula is C18H25Cl2N3O3. The Morgan fingerprint density at radius 1 is 1.23 bits per heavy atom. The molecule has 6 nitrogen and oxygen atoms in total. The Kier molecular flexibility index (Phi) is 7.70. The molecule has 1 saturated carbocycles. The number of hydrogen-bond donors (Lipinski definition) is 2. The first-order valence-electron chi connectivity index (χ1n) is 8.77. The van der Waals surface area contributed by atoms with Gasteiger partial charge in [-0.05, 0) is 37.5 Å². The molecule has 2 amide bonds. The van der Waals surface area contributed by atoms with Crippen LogP contribution >= 0.6 is 24.0 Å². The van der Waals surface area contributed by atoms with Crippen LogP contribution < -0.4 is 11.1 Å². The zero-order chi connectivity index (χ0) is 17.8. The van der Waals surface area contributed by atoms with E-state index in [1.807, 2.05) is 0 Å². The van der Waals surface area contributed by atoms with Crippen molar-refractivity contribution in [2.45, 2.75) is 31.7 Å². The average Bonchev–Trinajstić information content (AvgIpc) is 2.62. The van der Waals surface area contributed by atoms with Gasteiger partial charge in [0.25, 0.3) is 5.91 Å². The number of morpholine rings is 1. The van der Waals surface area contributed by atoms with Crippen molar-refractivity contribution >= 4 is 41.5 Å². The zero-order valence-corrected chi connectivity index (χ0v) is 16.2. The molecule has 1 aliphatic carbocycles. The Morgan fingerprint density at radius 3 is 2.62 bits per heavy atom. The van der Waals surface area contributed by atoms with E-state index in [0.29, 0.717) is 49.0 Å². The van der Waals surface area contributed by atoms with Crippen LogP contribution in [0.5, 0.6) is 0 Å². The fourth-order valence-electron chi connectivity index (χ4n) is 3.41. The van der Waals surface area contributed by atoms with E-state index in [2.05, 4.69) is 5.32 Å². The normalized spacial score (nSPS) is 23.1. The lowest BCUT2D eigenvalue weighted by atomic mass is 9.85. The summed E-state index contributed by atoms with van der Waals surface area (Å²) < 4.78 is 5.26. The highest BCUT2D eigenvalue weighted by atomic mass is 35.5. The maximum absolute atomic E-state index is 12.5. The number of hydrogen-bond acceptors (Lipinski definition) is 4. The number of anilines is 1. The number of rotatable bonds is 3. The Balaban J connectivity index is 0.00000243. The summed E-state index contributed by atoms with van der Waals surface area (Å²) in [5.74, 6) is -0.194. The number of nitrogens with two attached hydrogens (primary N) is 1. The first-order valence-corrected chi connectivity index (χ1v) is 9.15. The lowest BCUT2D eigenvalue weighted by molar-refractivity contribution is -0.120. The molecular weight excluding hydrogens is 377 g/mol. The summed E-state index contributed by atoms with van der Waals surface area (Å²) in [5, 5.41) is 3.24. The third-order valence-electron chi connectivity index (χ3n) is 4.85. The van der Waals surface area contributed by atoms with E-state index in [9.17, 15) is 9.59 Å². The summed E-state index contributed by atoms with van der Waals surface area (Å²) in [6, 6.07) is 5.12. The number of carbonyl (C=O) groups excluding carboxylic acids is 2. The van der Waals surface area contributed by atoms with Crippen molar-refractivity contribution in [3.63, 3.8) is 0 Å². The lowest BCUT2D eigenvalue weighted by Crippen LogP contribution is -2.40. The first kappa shape index (κ1) is 21.0. The lowest BCUT2D eigenvalue weighted by Gasteiger charge is -2.27. The highest BCUT2D eigenvalue weighted by Crippen LogP contribution is 2.26. The van der Waals surface area contributed by atoms with Crippen LogP contribution in [-0.2, 0) is 9.53 Å². The average molecular weight is 402 g/mol. The molecule has 1 aliphatic heterocycles. The van der Waals surface area contributed by atoms with Crippen LogP contribution in [0, 0.1) is 5.92 Å². The standard InChI is InChI=1S/C18H24ClN3O3.ClH/c19-16-11-14(21-17(23)12-2-1-3-13(20)10-12)4-5-15(16)18(24)22-6-8-25-9-7-22;/h4-5,11-13H,1-3,6-10,20H2,(H,21,23);1H. The second-order valence-corrected chi connectivity index (χ2v) is 7.12. The van der Waals surface area contributed by atoms with E-state index in [4.69, 9.17) is 22.1 Å². The SMILES string of the molecule is Cl.NC1CCCC(C(=O)Nc2ccc(C(=O)N3CCOCC3)c(Cl)c2)C1. The van der Waals surface area contributed by atoms with Crippen molar-refractivity contribution in [1.82, 2.24) is 4.90 Å². The Hall–Kier alpha value is -1.34. The molecule has 144 valence electrons. The molecule has 3 N–H and O–H groups in total. The van der Waals surface area contributed by atoms with Crippen molar-refractivity contribution in [2.75, 3.05) is 31.6 Å². The van der Waals surface area contributed by atoms with Gasteiger partial charge in [0.05, 0.1) is 23.8 Å². The third kappa shape index (κ3) is 5.10. The molecule has 2 aliphatic rings. The molecule has 2 fully saturated rings. The van der Waals surface area contributed by atoms with Crippen molar-refractivity contribution in [2.24, 2.45) is 11.7 Å². The zero-order valence-electron chi connectivity index (χ0n) is 14.6. The van der Waals surface area contributed by atoms with Crippen LogP contribution in [-0.4, -0.2) is 49.1 Å². The quantitative estimate of drug-likeness (QED) is 0.814. The summed E-state index contributed by atoms with van der Waals surface area (Å²) in [4.78, 5) is 26.6. The summed E-state index contributed by atoms with van der Waals surface area (Å²) in [6.45, 7) is 2.22. The second-order valence-electron chi connectivity index (χ2n) is 6.71. The number of benzene rings is 1. The topological polar surface area (TPSA) is 84.7 Å². The summed E-state index contributed by atoms with van der Waals surface area (Å²) >= 11 is 6.29. The minimum Gasteiger partial charge on any atom is -0.378 e. The number of ether oxygens (including phenoxy) is 1. The van der Waals surface area contributed by atoms with Gasteiger partial charge in [-0.15, -0.1) is 12.4 Å². The second kappa shape index (κ2) is 9.55. The van der Waals surface area contributed by atoms with Crippen LogP contribution in [0.3, 0.4) is 0 Å². The first-order chi connectivity index (χ1) is 12.0. The fraction of sp³-hybridized carbons (Fsp3) is 0.556. The van der Waals surface area contributed by atoms with Gasteiger partial charge in [0.2, 0.25) is 5.91 Å². The van der Waals surface area contributed by atoms with Gasteiger partial charge in [0.15, 0.2) is 0 Å². The van der Waals surface area contributed by atoms with Gasteiger partial charge in [-0.25, -0.2) is 0 Å². The summed E-state index contributed by atoms with van der Waals surface area (Å²) in [5.41, 5.74) is 7.00. The van der Waals surface area contributed by atoms with E-state index in [1.54, 1.807) is 23.1 Å². The van der Waals surface area contributed by atoms with Crippen LogP contribution in [0.15, 0.2) is 18.2 Å². The van der Waals surface area contributed by atoms with E-state index in [0.717, 1.165) is 19.3 Å². The molecule has 8 heteroatoms. The van der Waals surface area contributed by atoms with Gasteiger partial charge in [0, 0.05) is 30.7 Å². The monoisotopic (exact) mass is 401 g/mol. The Labute approximate surface area is 164 Å². The third-order valence-corrected chi connectivity index (χ3v) is 5.16. The maximum atomic E-state index is 12.5. The van der Waals surface area contributed by atoms with Gasteiger partial charge in [0.1, 0.15) is 0 Å². The number of carbonyl (C=O) groups is 2. The van der Waals surface area contributed by atoms with Crippen LogP contribution in [0.1, 0.15) is 36.0 Å². The maximum Gasteiger partial charge on any atom is 0.255 e. The van der Waals surface area contributed by atoms with Gasteiger partial charge >= 0.3 is 0 Å². The molecule has 0 aromatic heterocycles. The number of nitrogens with one attached hydrogen (secondary N) is 1. The molecule has 2 atom stereocenters. The number of nitrogens with zero attached hydrogens (tertiary/aromatic N) is 1. The van der Waals surface area contributed by atoms with Gasteiger partial charge in [-0.2, -0.15) is 0 Å². The highest BCUT2D eigenvalue weighted by molar-refractivity contribution is 6.34. The van der Waals surface area contributed by atoms with Crippen LogP contribution in [0.2, 0.25) is 5.02 Å². The largest absolute Gasteiger partial charge is 0.378 e. The van der Waals surface area contributed by atoms with Crippen molar-refractivity contribution < 1.29 is 14.3 Å². The molecule has 1 saturated heterocycles. The van der Waals surface area contributed by atoms with Crippen molar-refractivity contribution in [1.29, 1.82) is 0 Å². The van der Waals surface area contributed by atoms with E-state index in [1.165, 1.54) is 0 Å². The highest BCUT2D eigenvalue weighted by Gasteiger charge is 2.26. The molecule has 3 rings (SSSR count). The van der Waals surface area contributed by atoms with Crippen LogP contribution in [0.25, 0.3) is 0 Å². The molecule has 1 heterocycles. The number of amides is 2. The molecule has 26 heavy (non-hydrogen) atoms. The van der Waals surface area contributed by atoms with E-state index < -0.39 is 0 Å².